The van der Waals surface area contributed by atoms with Crippen LogP contribution in [0.1, 0.15) is 43.7 Å². The lowest BCUT2D eigenvalue weighted by atomic mass is 10.0. The topological polar surface area (TPSA) is 29.3 Å². The first-order chi connectivity index (χ1) is 9.22. The highest BCUT2D eigenvalue weighted by Gasteiger charge is 2.24. The van der Waals surface area contributed by atoms with Gasteiger partial charge in [0.25, 0.3) is 0 Å². The highest BCUT2D eigenvalue weighted by atomic mass is 15.1. The van der Waals surface area contributed by atoms with Crippen molar-refractivity contribution in [2.24, 2.45) is 11.7 Å². The van der Waals surface area contributed by atoms with Gasteiger partial charge in [0.15, 0.2) is 0 Å². The zero-order valence-corrected chi connectivity index (χ0v) is 12.1. The van der Waals surface area contributed by atoms with Crippen LogP contribution in [-0.2, 0) is 12.8 Å². The van der Waals surface area contributed by atoms with E-state index in [9.17, 15) is 0 Å². The maximum absolute atomic E-state index is 5.90. The zero-order valence-electron chi connectivity index (χ0n) is 12.1. The van der Waals surface area contributed by atoms with E-state index in [4.69, 9.17) is 5.73 Å². The fourth-order valence-corrected chi connectivity index (χ4v) is 3.72. The molecular formula is C17H26N2. The standard InChI is InChI=1S/C17H26N2/c1-13(18)10-15-6-7-17-16(11-15)8-9-19(17)12-14-4-2-3-5-14/h6-7,11,13-14H,2-5,8-10,12,18H2,1H3. The summed E-state index contributed by atoms with van der Waals surface area (Å²) in [6.45, 7) is 4.58. The first-order valence-electron chi connectivity index (χ1n) is 7.84. The third kappa shape index (κ3) is 2.94. The van der Waals surface area contributed by atoms with Gasteiger partial charge < -0.3 is 10.6 Å². The van der Waals surface area contributed by atoms with Gasteiger partial charge in [0.2, 0.25) is 0 Å². The number of fused-ring (bicyclic) bond motifs is 1. The average molecular weight is 258 g/mol. The van der Waals surface area contributed by atoms with Crippen molar-refractivity contribution in [3.8, 4) is 0 Å². The first kappa shape index (κ1) is 13.0. The van der Waals surface area contributed by atoms with E-state index < -0.39 is 0 Å². The van der Waals surface area contributed by atoms with Crippen LogP contribution in [0.15, 0.2) is 18.2 Å². The summed E-state index contributed by atoms with van der Waals surface area (Å²) in [5.41, 5.74) is 10.3. The van der Waals surface area contributed by atoms with Gasteiger partial charge in [-0.3, -0.25) is 0 Å². The fraction of sp³-hybridized carbons (Fsp3) is 0.647. The molecule has 0 saturated heterocycles. The van der Waals surface area contributed by atoms with Gasteiger partial charge in [0.1, 0.15) is 0 Å². The molecule has 0 amide bonds. The number of benzene rings is 1. The van der Waals surface area contributed by atoms with Gasteiger partial charge in [-0.05, 0) is 55.7 Å². The molecule has 0 bridgehead atoms. The second-order valence-electron chi connectivity index (χ2n) is 6.49. The van der Waals surface area contributed by atoms with E-state index in [1.54, 1.807) is 0 Å². The van der Waals surface area contributed by atoms with Crippen molar-refractivity contribution < 1.29 is 0 Å². The molecule has 1 heterocycles. The summed E-state index contributed by atoms with van der Waals surface area (Å²) in [7, 11) is 0. The third-order valence-electron chi connectivity index (χ3n) is 4.65. The van der Waals surface area contributed by atoms with Crippen LogP contribution in [0.3, 0.4) is 0 Å². The monoisotopic (exact) mass is 258 g/mol. The van der Waals surface area contributed by atoms with Crippen LogP contribution < -0.4 is 10.6 Å². The molecule has 2 N–H and O–H groups in total. The zero-order chi connectivity index (χ0) is 13.2. The Bertz CT molecular complexity index is 433. The molecule has 1 saturated carbocycles. The highest BCUT2D eigenvalue weighted by molar-refractivity contribution is 5.59. The highest BCUT2D eigenvalue weighted by Crippen LogP contribution is 2.33. The summed E-state index contributed by atoms with van der Waals surface area (Å²) >= 11 is 0. The molecular weight excluding hydrogens is 232 g/mol. The average Bonchev–Trinajstić information content (AvgIpc) is 2.99. The van der Waals surface area contributed by atoms with Gasteiger partial charge in [-0.25, -0.2) is 0 Å². The molecule has 1 aromatic rings. The first-order valence-corrected chi connectivity index (χ1v) is 7.84. The van der Waals surface area contributed by atoms with Crippen LogP contribution in [-0.4, -0.2) is 19.1 Å². The van der Waals surface area contributed by atoms with Crippen LogP contribution in [0, 0.1) is 5.92 Å². The normalized spacial score (nSPS) is 20.8. The molecule has 1 aliphatic carbocycles. The molecule has 0 aromatic heterocycles. The van der Waals surface area contributed by atoms with Gasteiger partial charge in [-0.2, -0.15) is 0 Å². The minimum absolute atomic E-state index is 0.258. The maximum atomic E-state index is 5.90. The van der Waals surface area contributed by atoms with Crippen molar-refractivity contribution in [3.63, 3.8) is 0 Å². The number of nitrogens with zero attached hydrogens (tertiary/aromatic N) is 1. The van der Waals surface area contributed by atoms with Gasteiger partial charge in [-0.1, -0.05) is 25.0 Å². The lowest BCUT2D eigenvalue weighted by molar-refractivity contribution is 0.538. The Morgan fingerprint density at radius 3 is 2.84 bits per heavy atom. The van der Waals surface area contributed by atoms with E-state index in [0.29, 0.717) is 0 Å². The molecule has 0 radical (unpaired) electrons. The van der Waals surface area contributed by atoms with Crippen LogP contribution in [0.2, 0.25) is 0 Å². The predicted molar refractivity (Wildman–Crippen MR) is 81.7 cm³/mol. The summed E-state index contributed by atoms with van der Waals surface area (Å²) in [4.78, 5) is 2.61. The van der Waals surface area contributed by atoms with Crippen LogP contribution in [0.4, 0.5) is 5.69 Å². The van der Waals surface area contributed by atoms with Crippen LogP contribution >= 0.6 is 0 Å². The molecule has 2 nitrogen and oxygen atoms in total. The summed E-state index contributed by atoms with van der Waals surface area (Å²) in [6, 6.07) is 7.24. The van der Waals surface area contributed by atoms with E-state index in [2.05, 4.69) is 30.0 Å². The predicted octanol–water partition coefficient (Wildman–Crippen LogP) is 3.13. The molecule has 2 heteroatoms. The number of hydrogen-bond acceptors (Lipinski definition) is 2. The van der Waals surface area contributed by atoms with E-state index in [-0.39, 0.29) is 6.04 Å². The summed E-state index contributed by atoms with van der Waals surface area (Å²) in [6.07, 6.45) is 7.98. The smallest absolute Gasteiger partial charge is 0.0399 e. The maximum Gasteiger partial charge on any atom is 0.0399 e. The fourth-order valence-electron chi connectivity index (χ4n) is 3.72. The summed E-state index contributed by atoms with van der Waals surface area (Å²) in [5.74, 6) is 0.940. The minimum atomic E-state index is 0.258. The van der Waals surface area contributed by atoms with Crippen molar-refractivity contribution in [1.29, 1.82) is 0 Å². The molecule has 1 fully saturated rings. The molecule has 2 aliphatic rings. The SMILES string of the molecule is CC(N)Cc1ccc2c(c1)CCN2CC1CCCC1. The molecule has 3 rings (SSSR count). The summed E-state index contributed by atoms with van der Waals surface area (Å²) < 4.78 is 0. The Balaban J connectivity index is 1.70. The molecule has 1 aliphatic heterocycles. The van der Waals surface area contributed by atoms with Gasteiger partial charge in [0.05, 0.1) is 0 Å². The molecule has 19 heavy (non-hydrogen) atoms. The van der Waals surface area contributed by atoms with Crippen molar-refractivity contribution in [2.45, 2.75) is 51.5 Å². The van der Waals surface area contributed by atoms with Gasteiger partial charge in [-0.15, -0.1) is 0 Å². The van der Waals surface area contributed by atoms with Crippen LogP contribution in [0.5, 0.6) is 0 Å². The Morgan fingerprint density at radius 1 is 1.32 bits per heavy atom. The molecule has 1 unspecified atom stereocenters. The number of hydrogen-bond donors (Lipinski definition) is 1. The third-order valence-corrected chi connectivity index (χ3v) is 4.65. The molecule has 1 aromatic carbocycles. The van der Waals surface area contributed by atoms with Crippen molar-refractivity contribution >= 4 is 5.69 Å². The largest absolute Gasteiger partial charge is 0.371 e. The van der Waals surface area contributed by atoms with E-state index >= 15 is 0 Å². The summed E-state index contributed by atoms with van der Waals surface area (Å²) in [5, 5.41) is 0. The Labute approximate surface area is 117 Å². The lowest BCUT2D eigenvalue weighted by Crippen LogP contribution is -2.26. The van der Waals surface area contributed by atoms with Crippen LogP contribution in [0.25, 0.3) is 0 Å². The van der Waals surface area contributed by atoms with Crippen molar-refractivity contribution in [3.05, 3.63) is 29.3 Å². The number of nitrogens with two attached hydrogens (primary N) is 1. The number of anilines is 1. The Kier molecular flexibility index (Phi) is 3.79. The Morgan fingerprint density at radius 2 is 2.11 bits per heavy atom. The molecule has 1 atom stereocenters. The van der Waals surface area contributed by atoms with Crippen molar-refractivity contribution in [1.82, 2.24) is 0 Å². The van der Waals surface area contributed by atoms with E-state index in [1.807, 2.05) is 0 Å². The quantitative estimate of drug-likeness (QED) is 0.899. The van der Waals surface area contributed by atoms with Crippen molar-refractivity contribution in [2.75, 3.05) is 18.0 Å². The van der Waals surface area contributed by atoms with E-state index in [0.717, 1.165) is 12.3 Å². The lowest BCUT2D eigenvalue weighted by Gasteiger charge is -2.23. The second-order valence-corrected chi connectivity index (χ2v) is 6.49. The molecule has 104 valence electrons. The Hall–Kier alpha value is -1.02. The number of rotatable bonds is 4. The minimum Gasteiger partial charge on any atom is -0.371 e. The van der Waals surface area contributed by atoms with Gasteiger partial charge in [0, 0.05) is 24.8 Å². The molecule has 0 spiro atoms. The van der Waals surface area contributed by atoms with Gasteiger partial charge >= 0.3 is 0 Å². The second kappa shape index (κ2) is 5.54. The van der Waals surface area contributed by atoms with E-state index in [1.165, 1.54) is 62.0 Å².